The van der Waals surface area contributed by atoms with Crippen LogP contribution in [0.5, 0.6) is 0 Å². The maximum absolute atomic E-state index is 14.1. The molecule has 7 heteroatoms. The molecule has 0 spiro atoms. The number of hydrogen-bond donors (Lipinski definition) is 1. The molecule has 0 bridgehead atoms. The first kappa shape index (κ1) is 16.9. The fourth-order valence-corrected chi connectivity index (χ4v) is 2.62. The molecule has 0 saturated carbocycles. The smallest absolute Gasteiger partial charge is 0.337 e. The van der Waals surface area contributed by atoms with Crippen molar-refractivity contribution in [2.45, 2.75) is 26.3 Å². The van der Waals surface area contributed by atoms with Crippen molar-refractivity contribution < 1.29 is 23.1 Å². The number of nitrogens with zero attached hydrogens (tertiary/aromatic N) is 1. The van der Waals surface area contributed by atoms with Gasteiger partial charge in [0.15, 0.2) is 0 Å². The molecule has 0 aliphatic carbocycles. The molecule has 1 aromatic carbocycles. The van der Waals surface area contributed by atoms with Gasteiger partial charge in [0.25, 0.3) is 0 Å². The Labute approximate surface area is 132 Å². The van der Waals surface area contributed by atoms with Crippen molar-refractivity contribution in [3.8, 4) is 0 Å². The van der Waals surface area contributed by atoms with Gasteiger partial charge in [0.05, 0.1) is 18.7 Å². The van der Waals surface area contributed by atoms with Crippen molar-refractivity contribution in [3.63, 3.8) is 0 Å². The van der Waals surface area contributed by atoms with Crippen molar-refractivity contribution in [1.82, 2.24) is 10.2 Å². The van der Waals surface area contributed by atoms with Gasteiger partial charge in [-0.15, -0.1) is 0 Å². The van der Waals surface area contributed by atoms with Crippen molar-refractivity contribution in [1.29, 1.82) is 0 Å². The Kier molecular flexibility index (Phi) is 4.98. The number of allylic oxidation sites excluding steroid dienone is 1. The van der Waals surface area contributed by atoms with E-state index in [2.05, 4.69) is 5.32 Å². The number of esters is 1. The van der Waals surface area contributed by atoms with Crippen LogP contribution in [-0.4, -0.2) is 30.6 Å². The molecule has 2 rings (SSSR count). The molecule has 23 heavy (non-hydrogen) atoms. The number of halogens is 2. The summed E-state index contributed by atoms with van der Waals surface area (Å²) in [6.45, 7) is 3.91. The van der Waals surface area contributed by atoms with Gasteiger partial charge < -0.3 is 10.1 Å². The van der Waals surface area contributed by atoms with Crippen LogP contribution in [0.3, 0.4) is 0 Å². The molecule has 0 radical (unpaired) electrons. The molecule has 0 aromatic heterocycles. The van der Waals surface area contributed by atoms with Gasteiger partial charge >= 0.3 is 12.0 Å². The number of carbonyl (C=O) groups excluding carboxylic acids is 2. The minimum atomic E-state index is -1.02. The average Bonchev–Trinajstić information content (AvgIpc) is 2.50. The molecule has 0 unspecified atom stereocenters. The summed E-state index contributed by atoms with van der Waals surface area (Å²) in [6, 6.07) is 1.54. The Bertz CT molecular complexity index is 673. The monoisotopic (exact) mass is 324 g/mol. The van der Waals surface area contributed by atoms with E-state index in [4.69, 9.17) is 4.74 Å². The largest absolute Gasteiger partial charge is 0.466 e. The third-order valence-corrected chi connectivity index (χ3v) is 3.72. The zero-order valence-electron chi connectivity index (χ0n) is 13.2. The van der Waals surface area contributed by atoms with E-state index < -0.39 is 29.7 Å². The second kappa shape index (κ2) is 6.76. The number of methoxy groups -OCH3 is 1. The Morgan fingerprint density at radius 1 is 1.39 bits per heavy atom. The molecule has 1 aromatic rings. The first-order valence-electron chi connectivity index (χ1n) is 7.22. The lowest BCUT2D eigenvalue weighted by atomic mass is 9.94. The molecular formula is C16H18F2N2O3. The van der Waals surface area contributed by atoms with E-state index in [1.165, 1.54) is 18.1 Å². The first-order chi connectivity index (χ1) is 10.9. The van der Waals surface area contributed by atoms with Crippen LogP contribution in [0.4, 0.5) is 13.6 Å². The van der Waals surface area contributed by atoms with Crippen LogP contribution in [0.2, 0.25) is 0 Å². The molecule has 1 aliphatic heterocycles. The van der Waals surface area contributed by atoms with Crippen LogP contribution in [0, 0.1) is 11.6 Å². The highest BCUT2D eigenvalue weighted by Crippen LogP contribution is 2.32. The van der Waals surface area contributed by atoms with Gasteiger partial charge in [-0.2, -0.15) is 0 Å². The summed E-state index contributed by atoms with van der Waals surface area (Å²) < 4.78 is 32.0. The fraction of sp³-hybridized carbons (Fsp3) is 0.375. The van der Waals surface area contributed by atoms with Gasteiger partial charge in [-0.3, -0.25) is 4.90 Å². The predicted octanol–water partition coefficient (Wildman–Crippen LogP) is 2.89. The zero-order chi connectivity index (χ0) is 17.1. The SMILES string of the molecule is CCCN1C(=O)N[C@@H](c2ccc(F)cc2F)C(C(=O)OC)=C1C. The lowest BCUT2D eigenvalue weighted by Crippen LogP contribution is -2.48. The van der Waals surface area contributed by atoms with Gasteiger partial charge in [-0.25, -0.2) is 18.4 Å². The zero-order valence-corrected chi connectivity index (χ0v) is 13.2. The van der Waals surface area contributed by atoms with E-state index in [0.29, 0.717) is 24.7 Å². The highest BCUT2D eigenvalue weighted by molar-refractivity contribution is 5.95. The van der Waals surface area contributed by atoms with Crippen molar-refractivity contribution in [2.24, 2.45) is 0 Å². The molecule has 1 N–H and O–H groups in total. The highest BCUT2D eigenvalue weighted by Gasteiger charge is 2.37. The highest BCUT2D eigenvalue weighted by atomic mass is 19.1. The van der Waals surface area contributed by atoms with Crippen LogP contribution >= 0.6 is 0 Å². The normalized spacial score (nSPS) is 18.0. The maximum Gasteiger partial charge on any atom is 0.337 e. The molecule has 1 aliphatic rings. The lowest BCUT2D eigenvalue weighted by molar-refractivity contribution is -0.136. The number of amides is 2. The minimum absolute atomic E-state index is 0.00986. The molecule has 1 atom stereocenters. The number of carbonyl (C=O) groups is 2. The summed E-state index contributed by atoms with van der Waals surface area (Å²) in [7, 11) is 1.21. The Morgan fingerprint density at radius 2 is 2.09 bits per heavy atom. The van der Waals surface area contributed by atoms with Gasteiger partial charge in [0.1, 0.15) is 11.6 Å². The fourth-order valence-electron chi connectivity index (χ4n) is 2.62. The van der Waals surface area contributed by atoms with Crippen LogP contribution < -0.4 is 5.32 Å². The number of nitrogens with one attached hydrogen (secondary N) is 1. The van der Waals surface area contributed by atoms with Gasteiger partial charge in [-0.05, 0) is 19.4 Å². The van der Waals surface area contributed by atoms with Crippen LogP contribution in [-0.2, 0) is 9.53 Å². The molecule has 1 heterocycles. The first-order valence-corrected chi connectivity index (χ1v) is 7.22. The van der Waals surface area contributed by atoms with Gasteiger partial charge in [0.2, 0.25) is 0 Å². The van der Waals surface area contributed by atoms with Crippen LogP contribution in [0.25, 0.3) is 0 Å². The Morgan fingerprint density at radius 3 is 2.65 bits per heavy atom. The van der Waals surface area contributed by atoms with E-state index in [-0.39, 0.29) is 11.1 Å². The van der Waals surface area contributed by atoms with E-state index >= 15 is 0 Å². The van der Waals surface area contributed by atoms with Gasteiger partial charge in [-0.1, -0.05) is 13.0 Å². The Hall–Kier alpha value is -2.44. The third kappa shape index (κ3) is 3.18. The molecule has 0 saturated heterocycles. The van der Waals surface area contributed by atoms with Gasteiger partial charge in [0, 0.05) is 23.9 Å². The van der Waals surface area contributed by atoms with Crippen LogP contribution in [0.1, 0.15) is 31.9 Å². The summed E-state index contributed by atoms with van der Waals surface area (Å²) in [4.78, 5) is 25.8. The van der Waals surface area contributed by atoms with Crippen molar-refractivity contribution >= 4 is 12.0 Å². The number of hydrogen-bond acceptors (Lipinski definition) is 3. The van der Waals surface area contributed by atoms with Crippen LogP contribution in [0.15, 0.2) is 29.5 Å². The standard InChI is InChI=1S/C16H18F2N2O3/c1-4-7-20-9(2)13(15(21)23-3)14(19-16(20)22)11-6-5-10(17)8-12(11)18/h5-6,8,14H,4,7H2,1-3H3,(H,19,22)/t14-/m0/s1. The van der Waals surface area contributed by atoms with E-state index in [1.807, 2.05) is 6.92 Å². The lowest BCUT2D eigenvalue weighted by Gasteiger charge is -2.35. The summed E-state index contributed by atoms with van der Waals surface area (Å²) in [5.41, 5.74) is 0.540. The number of urea groups is 1. The number of rotatable bonds is 4. The molecule has 5 nitrogen and oxygen atoms in total. The molecular weight excluding hydrogens is 306 g/mol. The molecule has 0 fully saturated rings. The molecule has 2 amide bonds. The maximum atomic E-state index is 14.1. The van der Waals surface area contributed by atoms with E-state index in [1.54, 1.807) is 6.92 Å². The number of benzene rings is 1. The Balaban J connectivity index is 2.57. The summed E-state index contributed by atoms with van der Waals surface area (Å²) in [6.07, 6.45) is 0.689. The summed E-state index contributed by atoms with van der Waals surface area (Å²) in [5.74, 6) is -2.24. The topological polar surface area (TPSA) is 58.6 Å². The molecule has 124 valence electrons. The second-order valence-corrected chi connectivity index (χ2v) is 5.19. The quantitative estimate of drug-likeness (QED) is 0.867. The second-order valence-electron chi connectivity index (χ2n) is 5.19. The average molecular weight is 324 g/mol. The summed E-state index contributed by atoms with van der Waals surface area (Å²) in [5, 5.41) is 2.59. The van der Waals surface area contributed by atoms with E-state index in [0.717, 1.165) is 6.07 Å². The van der Waals surface area contributed by atoms with Crippen molar-refractivity contribution in [2.75, 3.05) is 13.7 Å². The third-order valence-electron chi connectivity index (χ3n) is 3.72. The van der Waals surface area contributed by atoms with E-state index in [9.17, 15) is 18.4 Å². The summed E-state index contributed by atoms with van der Waals surface area (Å²) >= 11 is 0. The number of ether oxygens (including phenoxy) is 1. The minimum Gasteiger partial charge on any atom is -0.466 e. The predicted molar refractivity (Wildman–Crippen MR) is 79.3 cm³/mol. The van der Waals surface area contributed by atoms with Crippen molar-refractivity contribution in [3.05, 3.63) is 46.7 Å².